The molecule has 1 saturated heterocycles. The van der Waals surface area contributed by atoms with Crippen molar-refractivity contribution < 1.29 is 22.4 Å². The van der Waals surface area contributed by atoms with Gasteiger partial charge in [-0.05, 0) is 30.7 Å². The number of amides is 1. The van der Waals surface area contributed by atoms with E-state index >= 15 is 0 Å². The Morgan fingerprint density at radius 2 is 1.96 bits per heavy atom. The van der Waals surface area contributed by atoms with E-state index in [9.17, 15) is 13.2 Å². The van der Waals surface area contributed by atoms with Crippen molar-refractivity contribution in [1.82, 2.24) is 9.29 Å². The first-order chi connectivity index (χ1) is 11.5. The van der Waals surface area contributed by atoms with Crippen LogP contribution in [0.1, 0.15) is 16.1 Å². The molecule has 0 aliphatic carbocycles. The number of ether oxygens (including phenoxy) is 1. The monoisotopic (exact) mass is 351 g/mol. The zero-order chi connectivity index (χ0) is 17.2. The zero-order valence-electron chi connectivity index (χ0n) is 13.1. The number of carbonyl (C=O) groups is 1. The molecule has 3 rings (SSSR count). The number of morpholine rings is 1. The van der Waals surface area contributed by atoms with Crippen molar-refractivity contribution in [3.63, 3.8) is 0 Å². The fourth-order valence-corrected chi connectivity index (χ4v) is 3.53. The van der Waals surface area contributed by atoms with Crippen molar-refractivity contribution in [3.05, 3.63) is 41.8 Å². The number of nitrogens with zero attached hydrogens (tertiary/aromatic N) is 2. The van der Waals surface area contributed by atoms with Gasteiger partial charge in [0.1, 0.15) is 5.82 Å². The Labute approximate surface area is 139 Å². The first-order valence-corrected chi connectivity index (χ1v) is 8.82. The fourth-order valence-electron chi connectivity index (χ4n) is 2.21. The van der Waals surface area contributed by atoms with Crippen LogP contribution in [0.2, 0.25) is 0 Å². The average molecular weight is 351 g/mol. The number of aromatic nitrogens is 1. The number of anilines is 1. The van der Waals surface area contributed by atoms with Gasteiger partial charge in [0, 0.05) is 19.3 Å². The molecule has 0 unspecified atom stereocenters. The smallest absolute Gasteiger partial charge is 0.292 e. The van der Waals surface area contributed by atoms with Gasteiger partial charge < -0.3 is 14.5 Å². The molecule has 24 heavy (non-hydrogen) atoms. The molecular weight excluding hydrogens is 334 g/mol. The molecule has 0 saturated carbocycles. The topological polar surface area (TPSA) is 102 Å². The van der Waals surface area contributed by atoms with E-state index in [0.29, 0.717) is 19.0 Å². The van der Waals surface area contributed by atoms with E-state index in [1.54, 1.807) is 18.3 Å². The summed E-state index contributed by atoms with van der Waals surface area (Å²) in [5.41, 5.74) is 0.963. The summed E-state index contributed by atoms with van der Waals surface area (Å²) >= 11 is 0. The van der Waals surface area contributed by atoms with Crippen molar-refractivity contribution >= 4 is 21.7 Å². The van der Waals surface area contributed by atoms with Gasteiger partial charge in [-0.2, -0.15) is 4.31 Å². The third-order valence-electron chi connectivity index (χ3n) is 3.52. The number of furan rings is 1. The summed E-state index contributed by atoms with van der Waals surface area (Å²) in [6, 6.07) is 6.07. The van der Waals surface area contributed by atoms with E-state index in [-0.39, 0.29) is 23.9 Å². The minimum atomic E-state index is -3.76. The van der Waals surface area contributed by atoms with Gasteiger partial charge in [0.05, 0.1) is 13.2 Å². The number of carbonyl (C=O) groups excluding carboxylic acids is 1. The standard InChI is InChI=1S/C15H17N3O5S/c1-11-2-4-13(16-10-11)17-15(19)12-3-5-14(23-12)24(20,21)18-6-8-22-9-7-18/h2-5,10H,6-9H2,1H3,(H,16,17,19). The van der Waals surface area contributed by atoms with Crippen molar-refractivity contribution in [2.45, 2.75) is 12.0 Å². The van der Waals surface area contributed by atoms with E-state index in [2.05, 4.69) is 10.3 Å². The lowest BCUT2D eigenvalue weighted by Gasteiger charge is -2.24. The second-order valence-electron chi connectivity index (χ2n) is 5.31. The Hall–Kier alpha value is -2.23. The van der Waals surface area contributed by atoms with E-state index in [4.69, 9.17) is 9.15 Å². The van der Waals surface area contributed by atoms with Gasteiger partial charge in [-0.15, -0.1) is 0 Å². The Balaban J connectivity index is 1.74. The lowest BCUT2D eigenvalue weighted by atomic mass is 10.3. The van der Waals surface area contributed by atoms with Crippen molar-refractivity contribution in [2.75, 3.05) is 31.6 Å². The molecule has 0 aromatic carbocycles. The molecule has 0 bridgehead atoms. The highest BCUT2D eigenvalue weighted by Crippen LogP contribution is 2.20. The minimum absolute atomic E-state index is 0.0933. The average Bonchev–Trinajstić information content (AvgIpc) is 3.09. The van der Waals surface area contributed by atoms with Crippen LogP contribution in [-0.4, -0.2) is 49.9 Å². The maximum atomic E-state index is 12.5. The summed E-state index contributed by atoms with van der Waals surface area (Å²) in [7, 11) is -3.76. The molecule has 0 radical (unpaired) electrons. The highest BCUT2D eigenvalue weighted by molar-refractivity contribution is 7.89. The maximum absolute atomic E-state index is 12.5. The highest BCUT2D eigenvalue weighted by atomic mass is 32.2. The number of sulfonamides is 1. The fraction of sp³-hybridized carbons (Fsp3) is 0.333. The predicted octanol–water partition coefficient (Wildman–Crippen LogP) is 1.26. The van der Waals surface area contributed by atoms with Gasteiger partial charge in [-0.3, -0.25) is 4.79 Å². The predicted molar refractivity (Wildman–Crippen MR) is 85.2 cm³/mol. The molecule has 128 valence electrons. The van der Waals surface area contributed by atoms with Crippen LogP contribution < -0.4 is 5.32 Å². The van der Waals surface area contributed by atoms with Crippen LogP contribution in [0.3, 0.4) is 0 Å². The lowest BCUT2D eigenvalue weighted by Crippen LogP contribution is -2.40. The Kier molecular flexibility index (Phi) is 4.65. The maximum Gasteiger partial charge on any atom is 0.292 e. The molecule has 2 aromatic rings. The molecule has 1 N–H and O–H groups in total. The highest BCUT2D eigenvalue weighted by Gasteiger charge is 2.30. The summed E-state index contributed by atoms with van der Waals surface area (Å²) in [5.74, 6) is -0.293. The molecular formula is C15H17N3O5S. The van der Waals surface area contributed by atoms with Gasteiger partial charge in [0.15, 0.2) is 5.76 Å². The van der Waals surface area contributed by atoms with Crippen molar-refractivity contribution in [1.29, 1.82) is 0 Å². The van der Waals surface area contributed by atoms with Crippen LogP contribution in [0, 0.1) is 6.92 Å². The number of aryl methyl sites for hydroxylation is 1. The largest absolute Gasteiger partial charge is 0.438 e. The second-order valence-corrected chi connectivity index (χ2v) is 7.18. The van der Waals surface area contributed by atoms with Crippen molar-refractivity contribution in [2.24, 2.45) is 0 Å². The molecule has 1 aliphatic rings. The number of pyridine rings is 1. The summed E-state index contributed by atoms with van der Waals surface area (Å²) in [5, 5.41) is 2.30. The molecule has 1 fully saturated rings. The van der Waals surface area contributed by atoms with Crippen molar-refractivity contribution in [3.8, 4) is 0 Å². The molecule has 0 atom stereocenters. The van der Waals surface area contributed by atoms with Crippen LogP contribution in [0.15, 0.2) is 40.0 Å². The summed E-state index contributed by atoms with van der Waals surface area (Å²) < 4.78 is 36.6. The van der Waals surface area contributed by atoms with E-state index in [1.165, 1.54) is 16.4 Å². The van der Waals surface area contributed by atoms with Gasteiger partial charge >= 0.3 is 0 Å². The van der Waals surface area contributed by atoms with Gasteiger partial charge in [0.25, 0.3) is 15.9 Å². The van der Waals surface area contributed by atoms with Crippen LogP contribution in [0.25, 0.3) is 0 Å². The third-order valence-corrected chi connectivity index (χ3v) is 5.30. The van der Waals surface area contributed by atoms with Gasteiger partial charge in [0.2, 0.25) is 5.09 Å². The summed E-state index contributed by atoms with van der Waals surface area (Å²) in [4.78, 5) is 16.2. The zero-order valence-corrected chi connectivity index (χ0v) is 13.9. The van der Waals surface area contributed by atoms with Gasteiger partial charge in [-0.25, -0.2) is 13.4 Å². The van der Waals surface area contributed by atoms with E-state index < -0.39 is 15.9 Å². The molecule has 1 aliphatic heterocycles. The molecule has 8 nitrogen and oxygen atoms in total. The first kappa shape index (κ1) is 16.6. The quantitative estimate of drug-likeness (QED) is 0.890. The van der Waals surface area contributed by atoms with Crippen LogP contribution >= 0.6 is 0 Å². The first-order valence-electron chi connectivity index (χ1n) is 7.38. The number of rotatable bonds is 4. The molecule has 2 aromatic heterocycles. The minimum Gasteiger partial charge on any atom is -0.438 e. The normalized spacial score (nSPS) is 16.0. The molecule has 9 heteroatoms. The number of nitrogens with one attached hydrogen (secondary N) is 1. The molecule has 1 amide bonds. The van der Waals surface area contributed by atoms with Crippen LogP contribution in [0.4, 0.5) is 5.82 Å². The van der Waals surface area contributed by atoms with Gasteiger partial charge in [-0.1, -0.05) is 6.07 Å². The van der Waals surface area contributed by atoms with Crippen LogP contribution in [-0.2, 0) is 14.8 Å². The number of hydrogen-bond donors (Lipinski definition) is 1. The Bertz CT molecular complexity index is 823. The Morgan fingerprint density at radius 1 is 1.21 bits per heavy atom. The van der Waals surface area contributed by atoms with E-state index in [0.717, 1.165) is 5.56 Å². The molecule has 3 heterocycles. The lowest BCUT2D eigenvalue weighted by molar-refractivity contribution is 0.0723. The van der Waals surface area contributed by atoms with E-state index in [1.807, 2.05) is 6.92 Å². The SMILES string of the molecule is Cc1ccc(NC(=O)c2ccc(S(=O)(=O)N3CCOCC3)o2)nc1. The summed E-state index contributed by atoms with van der Waals surface area (Å²) in [6.07, 6.45) is 1.62. The van der Waals surface area contributed by atoms with Crippen LogP contribution in [0.5, 0.6) is 0 Å². The Morgan fingerprint density at radius 3 is 2.62 bits per heavy atom. The number of hydrogen-bond acceptors (Lipinski definition) is 6. The second kappa shape index (κ2) is 6.71. The summed E-state index contributed by atoms with van der Waals surface area (Å²) in [6.45, 7) is 3.09. The molecule has 0 spiro atoms. The third kappa shape index (κ3) is 3.48.